The summed E-state index contributed by atoms with van der Waals surface area (Å²) in [5, 5.41) is 7.84. The van der Waals surface area contributed by atoms with E-state index in [-0.39, 0.29) is 0 Å². The fraction of sp³-hybridized carbons (Fsp3) is 0.860. The molecule has 0 radical (unpaired) electrons. The largest absolute Gasteiger partial charge is 0.383 e. The smallest absolute Gasteiger partial charge is 0.0587 e. The first kappa shape index (κ1) is 55.0. The van der Waals surface area contributed by atoms with Gasteiger partial charge in [0.2, 0.25) is 0 Å². The molecule has 3 nitrogen and oxygen atoms in total. The van der Waals surface area contributed by atoms with Gasteiger partial charge in [-0.05, 0) is 158 Å². The van der Waals surface area contributed by atoms with Gasteiger partial charge >= 0.3 is 0 Å². The first-order valence-corrected chi connectivity index (χ1v) is 27.0. The average Bonchev–Trinajstić information content (AvgIpc) is 3.25. The highest BCUT2D eigenvalue weighted by Gasteiger charge is 2.43. The van der Waals surface area contributed by atoms with E-state index in [1.54, 1.807) is 0 Å². The Bertz CT molecular complexity index is 1020. The van der Waals surface area contributed by atoms with E-state index in [1.807, 2.05) is 7.11 Å². The van der Waals surface area contributed by atoms with E-state index >= 15 is 0 Å². The summed E-state index contributed by atoms with van der Waals surface area (Å²) in [5.74, 6) is 1.64. The van der Waals surface area contributed by atoms with Crippen molar-refractivity contribution in [2.75, 3.05) is 26.8 Å². The maximum Gasteiger partial charge on any atom is 0.0587 e. The van der Waals surface area contributed by atoms with Crippen molar-refractivity contribution in [2.24, 2.45) is 22.7 Å². The summed E-state index contributed by atoms with van der Waals surface area (Å²) < 4.78 is 5.39. The molecule has 2 N–H and O–H groups in total. The predicted octanol–water partition coefficient (Wildman–Crippen LogP) is 17.4. The van der Waals surface area contributed by atoms with Gasteiger partial charge in [-0.25, -0.2) is 0 Å². The zero-order valence-corrected chi connectivity index (χ0v) is 41.5. The third kappa shape index (κ3) is 27.1. The zero-order chi connectivity index (χ0) is 43.3. The molecule has 60 heavy (non-hydrogen) atoms. The molecular formula is C57H106N2O. The fourth-order valence-corrected chi connectivity index (χ4v) is 10.7. The van der Waals surface area contributed by atoms with Gasteiger partial charge < -0.3 is 15.4 Å². The molecule has 3 unspecified atom stereocenters. The topological polar surface area (TPSA) is 33.3 Å². The first-order valence-electron chi connectivity index (χ1n) is 27.0. The quantitative estimate of drug-likeness (QED) is 0.0478. The van der Waals surface area contributed by atoms with E-state index in [1.165, 1.54) is 205 Å². The van der Waals surface area contributed by atoms with E-state index < -0.39 is 0 Å². The molecule has 0 amide bonds. The highest BCUT2D eigenvalue weighted by atomic mass is 16.5. The predicted molar refractivity (Wildman–Crippen MR) is 269 cm³/mol. The van der Waals surface area contributed by atoms with E-state index in [9.17, 15) is 0 Å². The van der Waals surface area contributed by atoms with E-state index in [4.69, 9.17) is 4.74 Å². The summed E-state index contributed by atoms with van der Waals surface area (Å²) in [6.07, 6.45) is 65.8. The summed E-state index contributed by atoms with van der Waals surface area (Å²) in [4.78, 5) is 0. The fourth-order valence-electron chi connectivity index (χ4n) is 10.7. The van der Waals surface area contributed by atoms with Gasteiger partial charge in [-0.1, -0.05) is 173 Å². The van der Waals surface area contributed by atoms with Crippen LogP contribution in [0.2, 0.25) is 0 Å². The molecule has 0 aliphatic heterocycles. The molecule has 2 aliphatic rings. The van der Waals surface area contributed by atoms with Crippen molar-refractivity contribution in [1.82, 2.24) is 10.6 Å². The number of allylic oxidation sites excluding steroid dienone is 8. The van der Waals surface area contributed by atoms with Crippen LogP contribution in [0, 0.1) is 22.7 Å². The number of rotatable bonds is 39. The lowest BCUT2D eigenvalue weighted by Gasteiger charge is -2.49. The van der Waals surface area contributed by atoms with E-state index in [2.05, 4.69) is 93.9 Å². The van der Waals surface area contributed by atoms with Crippen LogP contribution in [0.3, 0.4) is 0 Å². The molecule has 0 spiro atoms. The second-order valence-corrected chi connectivity index (χ2v) is 20.5. The second kappa shape index (κ2) is 37.2. The Morgan fingerprint density at radius 2 is 0.933 bits per heavy atom. The van der Waals surface area contributed by atoms with Gasteiger partial charge in [-0.15, -0.1) is 0 Å². The van der Waals surface area contributed by atoms with E-state index in [0.29, 0.717) is 22.9 Å². The minimum absolute atomic E-state index is 0.521. The third-order valence-electron chi connectivity index (χ3n) is 14.9. The van der Waals surface area contributed by atoms with Crippen molar-refractivity contribution in [3.8, 4) is 0 Å². The van der Waals surface area contributed by atoms with Gasteiger partial charge in [0.15, 0.2) is 0 Å². The monoisotopic (exact) mass is 835 g/mol. The highest BCUT2D eigenvalue weighted by molar-refractivity contribution is 4.98. The molecule has 0 bridgehead atoms. The Hall–Kier alpha value is -1.16. The van der Waals surface area contributed by atoms with Crippen LogP contribution in [-0.4, -0.2) is 38.9 Å². The van der Waals surface area contributed by atoms with Crippen LogP contribution in [0.5, 0.6) is 0 Å². The summed E-state index contributed by atoms with van der Waals surface area (Å²) >= 11 is 0. The molecule has 3 heteroatoms. The van der Waals surface area contributed by atoms with Crippen molar-refractivity contribution >= 4 is 0 Å². The summed E-state index contributed by atoms with van der Waals surface area (Å²) in [6, 6.07) is 1.18. The van der Waals surface area contributed by atoms with Crippen LogP contribution in [0.25, 0.3) is 0 Å². The summed E-state index contributed by atoms with van der Waals surface area (Å²) in [5.41, 5.74) is 1.14. The molecule has 2 rings (SSSR count). The Labute approximate surface area is 377 Å². The van der Waals surface area contributed by atoms with Crippen LogP contribution < -0.4 is 10.6 Å². The number of nitrogens with one attached hydrogen (secondary N) is 2. The minimum Gasteiger partial charge on any atom is -0.383 e. The Kier molecular flexibility index (Phi) is 34.1. The molecule has 0 heterocycles. The maximum absolute atomic E-state index is 5.39. The van der Waals surface area contributed by atoms with Crippen molar-refractivity contribution in [1.29, 1.82) is 0 Å². The molecule has 0 aromatic heterocycles. The molecule has 350 valence electrons. The van der Waals surface area contributed by atoms with Crippen LogP contribution in [-0.2, 0) is 4.74 Å². The van der Waals surface area contributed by atoms with Gasteiger partial charge in [-0.3, -0.25) is 0 Å². The number of hydrogen-bond acceptors (Lipinski definition) is 3. The molecule has 0 aromatic rings. The van der Waals surface area contributed by atoms with E-state index in [0.717, 1.165) is 44.4 Å². The van der Waals surface area contributed by atoms with Gasteiger partial charge in [-0.2, -0.15) is 0 Å². The lowest BCUT2D eigenvalue weighted by Crippen LogP contribution is -2.54. The van der Waals surface area contributed by atoms with Gasteiger partial charge in [0.1, 0.15) is 0 Å². The molecule has 2 aliphatic carbocycles. The zero-order valence-electron chi connectivity index (χ0n) is 41.5. The van der Waals surface area contributed by atoms with Gasteiger partial charge in [0.25, 0.3) is 0 Å². The van der Waals surface area contributed by atoms with Crippen LogP contribution in [0.1, 0.15) is 253 Å². The van der Waals surface area contributed by atoms with Crippen LogP contribution in [0.15, 0.2) is 48.6 Å². The normalized spacial score (nSPS) is 22.0. The minimum atomic E-state index is 0.521. The van der Waals surface area contributed by atoms with Crippen molar-refractivity contribution in [2.45, 2.75) is 265 Å². The van der Waals surface area contributed by atoms with Gasteiger partial charge in [0, 0.05) is 25.7 Å². The number of hydrogen-bond donors (Lipinski definition) is 2. The third-order valence-corrected chi connectivity index (χ3v) is 14.9. The van der Waals surface area contributed by atoms with Gasteiger partial charge in [0.05, 0.1) is 6.61 Å². The van der Waals surface area contributed by atoms with Crippen molar-refractivity contribution in [3.63, 3.8) is 0 Å². The first-order chi connectivity index (χ1) is 29.4. The Morgan fingerprint density at radius 3 is 1.40 bits per heavy atom. The number of methoxy groups -OCH3 is 1. The van der Waals surface area contributed by atoms with Crippen molar-refractivity contribution < 1.29 is 4.74 Å². The Morgan fingerprint density at radius 1 is 0.500 bits per heavy atom. The van der Waals surface area contributed by atoms with Crippen molar-refractivity contribution in [3.05, 3.63) is 48.6 Å². The highest BCUT2D eigenvalue weighted by Crippen LogP contribution is 2.54. The second-order valence-electron chi connectivity index (χ2n) is 20.5. The number of ether oxygens (including phenoxy) is 1. The SMILES string of the molecule is CCCCC/C=C\C/C=C\CCCCCCCCC1(CCCCCCCC/C=C\C/C=C\CCCCC)CCC(C)(C[C@H]2CC(NCCC)C(NCCOC)CC2C)CC1. The molecule has 0 aromatic carbocycles. The number of unbranched alkanes of at least 4 members (excludes halogenated alkanes) is 18. The molecule has 0 saturated heterocycles. The van der Waals surface area contributed by atoms with Crippen LogP contribution >= 0.6 is 0 Å². The lowest BCUT2D eigenvalue weighted by atomic mass is 9.57. The molecule has 2 saturated carbocycles. The molecular weight excluding hydrogens is 729 g/mol. The average molecular weight is 835 g/mol. The summed E-state index contributed by atoms with van der Waals surface area (Å²) in [7, 11) is 1.82. The van der Waals surface area contributed by atoms with Crippen LogP contribution in [0.4, 0.5) is 0 Å². The Balaban J connectivity index is 1.80. The molecule has 2 fully saturated rings. The lowest BCUT2D eigenvalue weighted by molar-refractivity contribution is 0.0317. The summed E-state index contributed by atoms with van der Waals surface area (Å²) in [6.45, 7) is 15.1. The molecule has 4 atom stereocenters. The maximum atomic E-state index is 5.39. The standard InChI is InChI=1S/C57H106N2O/c1-7-10-12-14-16-18-20-22-24-26-28-30-32-34-36-38-40-57(41-39-37-35-33-31-29-27-25-23-21-19-17-15-13-11-8-2)44-42-56(5,43-45-57)51-53-50-55(58-46-9-3)54(49-52(53)4)59-47-48-60-6/h16-19,22-25,52-55,58-59H,7-15,20-21,26-51H2,1-6H3/b18-16-,19-17-,24-22-,25-23-/t52?,53-,54?,55?/m1/s1.